The predicted molar refractivity (Wildman–Crippen MR) is 51.4 cm³/mol. The Morgan fingerprint density at radius 3 is 2.83 bits per heavy atom. The van der Waals surface area contributed by atoms with E-state index in [1.807, 2.05) is 0 Å². The Bertz CT molecular complexity index is 145. The molecule has 12 heavy (non-hydrogen) atoms. The zero-order chi connectivity index (χ0) is 8.81. The summed E-state index contributed by atoms with van der Waals surface area (Å²) in [6.07, 6.45) is 6.47. The molecule has 3 nitrogen and oxygen atoms in total. The van der Waals surface area contributed by atoms with E-state index in [1.54, 1.807) is 0 Å². The van der Waals surface area contributed by atoms with Gasteiger partial charge in [0.25, 0.3) is 0 Å². The highest BCUT2D eigenvalue weighted by atomic mass is 15.2. The third-order valence-electron chi connectivity index (χ3n) is 2.28. The number of unbranched alkanes of at least 4 members (excludes halogenated alkanes) is 3. The second kappa shape index (κ2) is 5.01. The Balaban J connectivity index is 1.97. The maximum atomic E-state index is 7.27. The number of guanidine groups is 1. The lowest BCUT2D eigenvalue weighted by Gasteiger charge is -2.07. The molecule has 0 aliphatic carbocycles. The lowest BCUT2D eigenvalue weighted by Crippen LogP contribution is -2.26. The minimum absolute atomic E-state index is 0.496. The molecule has 0 amide bonds. The fourth-order valence-corrected chi connectivity index (χ4v) is 1.52. The first-order chi connectivity index (χ1) is 5.83. The quantitative estimate of drug-likeness (QED) is 0.546. The van der Waals surface area contributed by atoms with Crippen LogP contribution >= 0.6 is 0 Å². The van der Waals surface area contributed by atoms with Crippen LogP contribution in [0, 0.1) is 5.41 Å². The van der Waals surface area contributed by atoms with Crippen molar-refractivity contribution >= 4 is 5.96 Å². The van der Waals surface area contributed by atoms with Gasteiger partial charge in [-0.1, -0.05) is 32.6 Å². The van der Waals surface area contributed by atoms with Crippen molar-refractivity contribution in [3.8, 4) is 0 Å². The molecule has 70 valence electrons. The molecular weight excluding hydrogens is 150 g/mol. The maximum Gasteiger partial charge on any atom is 0.188 e. The first-order valence-corrected chi connectivity index (χ1v) is 4.92. The van der Waals surface area contributed by atoms with Crippen LogP contribution in [0.3, 0.4) is 0 Å². The highest BCUT2D eigenvalue weighted by molar-refractivity contribution is 5.78. The molecule has 0 spiro atoms. The van der Waals surface area contributed by atoms with Gasteiger partial charge >= 0.3 is 0 Å². The van der Waals surface area contributed by atoms with Gasteiger partial charge in [0.05, 0.1) is 0 Å². The highest BCUT2D eigenvalue weighted by Crippen LogP contribution is 2.06. The van der Waals surface area contributed by atoms with E-state index >= 15 is 0 Å². The van der Waals surface area contributed by atoms with Gasteiger partial charge in [-0.3, -0.25) is 5.41 Å². The average Bonchev–Trinajstić information content (AvgIpc) is 2.45. The van der Waals surface area contributed by atoms with Gasteiger partial charge < -0.3 is 10.6 Å². The first-order valence-electron chi connectivity index (χ1n) is 4.92. The van der Waals surface area contributed by atoms with Crippen molar-refractivity contribution in [1.82, 2.24) is 10.6 Å². The molecule has 0 bridgehead atoms. The predicted octanol–water partition coefficient (Wildman–Crippen LogP) is 1.45. The molecule has 1 unspecified atom stereocenters. The van der Waals surface area contributed by atoms with E-state index in [2.05, 4.69) is 17.6 Å². The fourth-order valence-electron chi connectivity index (χ4n) is 1.52. The Hall–Kier alpha value is -0.730. The van der Waals surface area contributed by atoms with Crippen LogP contribution in [0.15, 0.2) is 0 Å². The first kappa shape index (κ1) is 9.36. The molecule has 1 aliphatic rings. The van der Waals surface area contributed by atoms with Gasteiger partial charge in [-0.2, -0.15) is 0 Å². The van der Waals surface area contributed by atoms with Crippen LogP contribution < -0.4 is 10.6 Å². The molecule has 0 aromatic heterocycles. The number of nitrogens with one attached hydrogen (secondary N) is 3. The van der Waals surface area contributed by atoms with Crippen molar-refractivity contribution in [3.05, 3.63) is 0 Å². The Kier molecular flexibility index (Phi) is 3.91. The summed E-state index contributed by atoms with van der Waals surface area (Å²) < 4.78 is 0. The SMILES string of the molecule is CCCCCCC1CNC(=N)N1. The minimum Gasteiger partial charge on any atom is -0.355 e. The summed E-state index contributed by atoms with van der Waals surface area (Å²) in [4.78, 5) is 0. The van der Waals surface area contributed by atoms with Crippen molar-refractivity contribution in [2.24, 2.45) is 0 Å². The normalized spacial score (nSPS) is 22.1. The van der Waals surface area contributed by atoms with E-state index in [0.29, 0.717) is 12.0 Å². The summed E-state index contributed by atoms with van der Waals surface area (Å²) in [5, 5.41) is 13.4. The Morgan fingerprint density at radius 2 is 2.25 bits per heavy atom. The number of hydrogen-bond acceptors (Lipinski definition) is 1. The Labute approximate surface area is 74.4 Å². The van der Waals surface area contributed by atoms with Crippen LogP contribution in [0.2, 0.25) is 0 Å². The molecule has 1 heterocycles. The number of rotatable bonds is 5. The van der Waals surface area contributed by atoms with Crippen molar-refractivity contribution in [1.29, 1.82) is 5.41 Å². The largest absolute Gasteiger partial charge is 0.355 e. The smallest absolute Gasteiger partial charge is 0.188 e. The standard InChI is InChI=1S/C9H19N3/c1-2-3-4-5-6-8-7-11-9(10)12-8/h8H,2-7H2,1H3,(H3,10,11,12). The van der Waals surface area contributed by atoms with Crippen molar-refractivity contribution < 1.29 is 0 Å². The van der Waals surface area contributed by atoms with Crippen LogP contribution in [0.25, 0.3) is 0 Å². The molecule has 1 atom stereocenters. The third-order valence-corrected chi connectivity index (χ3v) is 2.28. The average molecular weight is 169 g/mol. The Morgan fingerprint density at radius 1 is 1.42 bits per heavy atom. The summed E-state index contributed by atoms with van der Waals surface area (Å²) in [6.45, 7) is 3.16. The molecule has 1 rings (SSSR count). The van der Waals surface area contributed by atoms with E-state index in [0.717, 1.165) is 6.54 Å². The summed E-state index contributed by atoms with van der Waals surface area (Å²) in [7, 11) is 0. The van der Waals surface area contributed by atoms with Gasteiger partial charge in [0.15, 0.2) is 5.96 Å². The fraction of sp³-hybridized carbons (Fsp3) is 0.889. The number of hydrogen-bond donors (Lipinski definition) is 3. The zero-order valence-corrected chi connectivity index (χ0v) is 7.82. The van der Waals surface area contributed by atoms with Gasteiger partial charge in [0, 0.05) is 12.6 Å². The topological polar surface area (TPSA) is 47.9 Å². The molecule has 3 N–H and O–H groups in total. The second-order valence-corrected chi connectivity index (χ2v) is 3.45. The highest BCUT2D eigenvalue weighted by Gasteiger charge is 2.15. The molecule has 1 saturated heterocycles. The lowest BCUT2D eigenvalue weighted by atomic mass is 10.1. The zero-order valence-electron chi connectivity index (χ0n) is 7.82. The van der Waals surface area contributed by atoms with Crippen LogP contribution in [0.4, 0.5) is 0 Å². The molecule has 3 heteroatoms. The van der Waals surface area contributed by atoms with E-state index in [1.165, 1.54) is 32.1 Å². The minimum atomic E-state index is 0.496. The summed E-state index contributed by atoms with van der Waals surface area (Å²) in [6, 6.07) is 0.509. The van der Waals surface area contributed by atoms with Crippen molar-refractivity contribution in [3.63, 3.8) is 0 Å². The molecule has 1 aliphatic heterocycles. The van der Waals surface area contributed by atoms with Gasteiger partial charge in [0.2, 0.25) is 0 Å². The van der Waals surface area contributed by atoms with Gasteiger partial charge in [-0.25, -0.2) is 0 Å². The van der Waals surface area contributed by atoms with E-state index in [-0.39, 0.29) is 0 Å². The maximum absolute atomic E-state index is 7.27. The van der Waals surface area contributed by atoms with Crippen LogP contribution in [0.5, 0.6) is 0 Å². The van der Waals surface area contributed by atoms with Gasteiger partial charge in [-0.05, 0) is 6.42 Å². The third kappa shape index (κ3) is 3.11. The molecular formula is C9H19N3. The van der Waals surface area contributed by atoms with E-state index < -0.39 is 0 Å². The van der Waals surface area contributed by atoms with Crippen LogP contribution in [0.1, 0.15) is 39.0 Å². The molecule has 0 aromatic carbocycles. The molecule has 0 radical (unpaired) electrons. The van der Waals surface area contributed by atoms with Gasteiger partial charge in [-0.15, -0.1) is 0 Å². The summed E-state index contributed by atoms with van der Waals surface area (Å²) in [5.74, 6) is 0.496. The van der Waals surface area contributed by atoms with Crippen LogP contribution in [-0.2, 0) is 0 Å². The molecule has 0 aromatic rings. The lowest BCUT2D eigenvalue weighted by molar-refractivity contribution is 0.540. The van der Waals surface area contributed by atoms with Crippen molar-refractivity contribution in [2.45, 2.75) is 45.1 Å². The summed E-state index contributed by atoms with van der Waals surface area (Å²) in [5.41, 5.74) is 0. The van der Waals surface area contributed by atoms with Crippen LogP contribution in [-0.4, -0.2) is 18.5 Å². The summed E-state index contributed by atoms with van der Waals surface area (Å²) >= 11 is 0. The second-order valence-electron chi connectivity index (χ2n) is 3.45. The molecule has 0 saturated carbocycles. The van der Waals surface area contributed by atoms with Gasteiger partial charge in [0.1, 0.15) is 0 Å². The monoisotopic (exact) mass is 169 g/mol. The van der Waals surface area contributed by atoms with E-state index in [4.69, 9.17) is 5.41 Å². The van der Waals surface area contributed by atoms with Crippen molar-refractivity contribution in [2.75, 3.05) is 6.54 Å². The van der Waals surface area contributed by atoms with E-state index in [9.17, 15) is 0 Å². The molecule has 1 fully saturated rings.